The lowest BCUT2D eigenvalue weighted by atomic mass is 9.92. The number of hydrogen-bond donors (Lipinski definition) is 1. The fourth-order valence-electron chi connectivity index (χ4n) is 3.07. The highest BCUT2D eigenvalue weighted by atomic mass is 79.9. The van der Waals surface area contributed by atoms with Crippen LogP contribution >= 0.6 is 15.9 Å². The summed E-state index contributed by atoms with van der Waals surface area (Å²) in [6.07, 6.45) is 7.02. The number of ether oxygens (including phenoxy) is 2. The van der Waals surface area contributed by atoms with Gasteiger partial charge in [-0.1, -0.05) is 48.5 Å². The highest BCUT2D eigenvalue weighted by Crippen LogP contribution is 2.32. The molecule has 1 saturated carbocycles. The minimum Gasteiger partial charge on any atom is -0.493 e. The second-order valence-corrected chi connectivity index (χ2v) is 7.07. The van der Waals surface area contributed by atoms with Gasteiger partial charge in [-0.15, -0.1) is 0 Å². The molecule has 1 fully saturated rings. The van der Waals surface area contributed by atoms with Crippen molar-refractivity contribution in [3.8, 4) is 5.75 Å². The van der Waals surface area contributed by atoms with Crippen molar-refractivity contribution in [2.75, 3.05) is 23.9 Å². The topological polar surface area (TPSA) is 47.6 Å². The monoisotopic (exact) mass is 397 g/mol. The molecule has 5 heteroatoms. The highest BCUT2D eigenvalue weighted by Gasteiger charge is 2.39. The average Bonchev–Trinajstić information content (AvgIpc) is 2.86. The van der Waals surface area contributed by atoms with Crippen molar-refractivity contribution in [1.82, 2.24) is 0 Å². The summed E-state index contributed by atoms with van der Waals surface area (Å²) in [7, 11) is 0. The van der Waals surface area contributed by atoms with Crippen LogP contribution in [0.15, 0.2) is 24.3 Å². The molecule has 134 valence electrons. The molecule has 0 saturated heterocycles. The minimum absolute atomic E-state index is 0.00743. The molecule has 0 heterocycles. The molecule has 2 rings (SSSR count). The predicted octanol–water partition coefficient (Wildman–Crippen LogP) is 4.92. The molecule has 0 aliphatic heterocycles. The van der Waals surface area contributed by atoms with E-state index in [9.17, 15) is 4.79 Å². The van der Waals surface area contributed by atoms with Crippen molar-refractivity contribution in [1.29, 1.82) is 0 Å². The molecule has 1 amide bonds. The van der Waals surface area contributed by atoms with Crippen LogP contribution in [0.2, 0.25) is 0 Å². The van der Waals surface area contributed by atoms with Crippen LogP contribution in [0.3, 0.4) is 0 Å². The van der Waals surface area contributed by atoms with Gasteiger partial charge in [0, 0.05) is 17.6 Å². The molecule has 0 atom stereocenters. The summed E-state index contributed by atoms with van der Waals surface area (Å²) >= 11 is 3.34. The summed E-state index contributed by atoms with van der Waals surface area (Å²) in [5.74, 6) is 0.797. The molecule has 4 nitrogen and oxygen atoms in total. The van der Waals surface area contributed by atoms with E-state index in [0.29, 0.717) is 13.2 Å². The van der Waals surface area contributed by atoms with E-state index in [2.05, 4.69) is 28.2 Å². The van der Waals surface area contributed by atoms with Crippen LogP contribution in [0.1, 0.15) is 51.9 Å². The van der Waals surface area contributed by atoms with Crippen LogP contribution in [0.25, 0.3) is 0 Å². The zero-order chi connectivity index (χ0) is 17.3. The molecule has 0 radical (unpaired) electrons. The smallest absolute Gasteiger partial charge is 0.256 e. The first-order valence-electron chi connectivity index (χ1n) is 8.94. The van der Waals surface area contributed by atoms with Crippen LogP contribution in [0, 0.1) is 0 Å². The van der Waals surface area contributed by atoms with Crippen LogP contribution < -0.4 is 10.1 Å². The SMILES string of the molecule is CCCOC1(C(=O)Nc2ccc(OCCBr)cc2)CCCCCC1. The van der Waals surface area contributed by atoms with Gasteiger partial charge in [-0.2, -0.15) is 0 Å². The summed E-state index contributed by atoms with van der Waals surface area (Å²) in [4.78, 5) is 12.9. The first-order chi connectivity index (χ1) is 11.7. The number of amides is 1. The largest absolute Gasteiger partial charge is 0.493 e. The fourth-order valence-corrected chi connectivity index (χ4v) is 3.23. The Morgan fingerprint density at radius 3 is 2.38 bits per heavy atom. The number of nitrogens with one attached hydrogen (secondary N) is 1. The first kappa shape index (κ1) is 19.3. The van der Waals surface area contributed by atoms with Gasteiger partial charge in [-0.25, -0.2) is 0 Å². The number of carbonyl (C=O) groups excluding carboxylic acids is 1. The van der Waals surface area contributed by atoms with Gasteiger partial charge < -0.3 is 14.8 Å². The van der Waals surface area contributed by atoms with Crippen LogP contribution in [-0.2, 0) is 9.53 Å². The average molecular weight is 398 g/mol. The predicted molar refractivity (Wildman–Crippen MR) is 101 cm³/mol. The molecule has 24 heavy (non-hydrogen) atoms. The van der Waals surface area contributed by atoms with Crippen LogP contribution in [-0.4, -0.2) is 30.1 Å². The molecule has 1 aliphatic carbocycles. The van der Waals surface area contributed by atoms with E-state index < -0.39 is 5.60 Å². The fraction of sp³-hybridized carbons (Fsp3) is 0.632. The van der Waals surface area contributed by atoms with Gasteiger partial charge in [0.05, 0.1) is 6.61 Å². The highest BCUT2D eigenvalue weighted by molar-refractivity contribution is 9.09. The van der Waals surface area contributed by atoms with Gasteiger partial charge in [0.15, 0.2) is 0 Å². The molecule has 0 unspecified atom stereocenters. The van der Waals surface area contributed by atoms with Crippen molar-refractivity contribution in [2.45, 2.75) is 57.5 Å². The number of halogens is 1. The Morgan fingerprint density at radius 2 is 1.79 bits per heavy atom. The standard InChI is InChI=1S/C19H28BrNO3/c1-2-14-24-19(11-5-3-4-6-12-19)18(22)21-16-7-9-17(10-8-16)23-15-13-20/h7-10H,2-6,11-15H2,1H3,(H,21,22). The molecule has 1 N–H and O–H groups in total. The van der Waals surface area contributed by atoms with Crippen molar-refractivity contribution in [3.63, 3.8) is 0 Å². The molecule has 0 bridgehead atoms. The van der Waals surface area contributed by atoms with Crippen LogP contribution in [0.4, 0.5) is 5.69 Å². The van der Waals surface area contributed by atoms with Gasteiger partial charge in [-0.3, -0.25) is 4.79 Å². The van der Waals surface area contributed by atoms with E-state index in [1.165, 1.54) is 12.8 Å². The molecule has 0 spiro atoms. The normalized spacial score (nSPS) is 17.1. The summed E-state index contributed by atoms with van der Waals surface area (Å²) < 4.78 is 11.6. The summed E-state index contributed by atoms with van der Waals surface area (Å²) in [6, 6.07) is 7.52. The van der Waals surface area contributed by atoms with Crippen molar-refractivity contribution in [2.24, 2.45) is 0 Å². The van der Waals surface area contributed by atoms with Gasteiger partial charge in [0.25, 0.3) is 5.91 Å². The van der Waals surface area contributed by atoms with E-state index in [0.717, 1.165) is 48.9 Å². The van der Waals surface area contributed by atoms with Crippen molar-refractivity contribution in [3.05, 3.63) is 24.3 Å². The lowest BCUT2D eigenvalue weighted by molar-refractivity contribution is -0.143. The second-order valence-electron chi connectivity index (χ2n) is 6.27. The van der Waals surface area contributed by atoms with Gasteiger partial charge in [0.1, 0.15) is 11.4 Å². The van der Waals surface area contributed by atoms with Gasteiger partial charge >= 0.3 is 0 Å². The summed E-state index contributed by atoms with van der Waals surface area (Å²) in [6.45, 7) is 3.33. The third-order valence-electron chi connectivity index (χ3n) is 4.37. The van der Waals surface area contributed by atoms with E-state index >= 15 is 0 Å². The van der Waals surface area contributed by atoms with Gasteiger partial charge in [0.2, 0.25) is 0 Å². The van der Waals surface area contributed by atoms with E-state index in [-0.39, 0.29) is 5.91 Å². The van der Waals surface area contributed by atoms with Gasteiger partial charge in [-0.05, 0) is 43.5 Å². The Labute approximate surface area is 153 Å². The number of hydrogen-bond acceptors (Lipinski definition) is 3. The number of anilines is 1. The molecule has 1 aliphatic rings. The van der Waals surface area contributed by atoms with E-state index in [1.807, 2.05) is 24.3 Å². The summed E-state index contributed by atoms with van der Waals surface area (Å²) in [5.41, 5.74) is 0.118. The maximum absolute atomic E-state index is 12.9. The Balaban J connectivity index is 2.03. The van der Waals surface area contributed by atoms with Crippen molar-refractivity contribution >= 4 is 27.5 Å². The third-order valence-corrected chi connectivity index (χ3v) is 4.69. The number of carbonyl (C=O) groups is 1. The lowest BCUT2D eigenvalue weighted by Gasteiger charge is -2.31. The number of rotatable bonds is 8. The number of benzene rings is 1. The molecule has 1 aromatic carbocycles. The second kappa shape index (κ2) is 10.0. The number of alkyl halides is 1. The Kier molecular flexibility index (Phi) is 8.06. The van der Waals surface area contributed by atoms with E-state index in [4.69, 9.17) is 9.47 Å². The maximum atomic E-state index is 12.9. The Hall–Kier alpha value is -1.07. The molecule has 0 aromatic heterocycles. The molecular weight excluding hydrogens is 370 g/mol. The zero-order valence-corrected chi connectivity index (χ0v) is 16.1. The van der Waals surface area contributed by atoms with Crippen LogP contribution in [0.5, 0.6) is 5.75 Å². The van der Waals surface area contributed by atoms with Crippen molar-refractivity contribution < 1.29 is 14.3 Å². The Bertz CT molecular complexity index is 496. The Morgan fingerprint density at radius 1 is 1.12 bits per heavy atom. The maximum Gasteiger partial charge on any atom is 0.256 e. The zero-order valence-electron chi connectivity index (χ0n) is 14.5. The minimum atomic E-state index is -0.669. The van der Waals surface area contributed by atoms with E-state index in [1.54, 1.807) is 0 Å². The first-order valence-corrected chi connectivity index (χ1v) is 10.1. The molecular formula is C19H28BrNO3. The summed E-state index contributed by atoms with van der Waals surface area (Å²) in [5, 5.41) is 3.84. The lowest BCUT2D eigenvalue weighted by Crippen LogP contribution is -2.45. The third kappa shape index (κ3) is 5.49. The quantitative estimate of drug-likeness (QED) is 0.500. The molecule has 1 aromatic rings.